The van der Waals surface area contributed by atoms with Gasteiger partial charge in [0.15, 0.2) is 0 Å². The Morgan fingerprint density at radius 1 is 1.24 bits per heavy atom. The summed E-state index contributed by atoms with van der Waals surface area (Å²) >= 11 is 4.84. The van der Waals surface area contributed by atoms with Gasteiger partial charge in [-0.25, -0.2) is 0 Å². The lowest BCUT2D eigenvalue weighted by atomic mass is 10.2. The first-order valence-corrected chi connectivity index (χ1v) is 6.97. The van der Waals surface area contributed by atoms with Crippen LogP contribution < -0.4 is 10.5 Å². The molecule has 0 saturated carbocycles. The summed E-state index contributed by atoms with van der Waals surface area (Å²) in [5.74, 6) is 0.688. The Hall–Kier alpha value is -1.34. The van der Waals surface area contributed by atoms with Crippen LogP contribution in [-0.2, 0) is 0 Å². The van der Waals surface area contributed by atoms with Crippen molar-refractivity contribution in [3.05, 3.63) is 29.8 Å². The van der Waals surface area contributed by atoms with Gasteiger partial charge in [-0.1, -0.05) is 12.2 Å². The third-order valence-corrected chi connectivity index (χ3v) is 3.10. The molecule has 0 fully saturated rings. The Bertz CT molecular complexity index is 449. The molecule has 0 radical (unpaired) electrons. The molecule has 0 spiro atoms. The maximum absolute atomic E-state index is 12.0. The van der Waals surface area contributed by atoms with Crippen LogP contribution >= 0.6 is 12.2 Å². The SMILES string of the molecule is CN(CCCOc1ccc(C(N)=S)cc1)CCC(F)(F)F. The molecule has 1 aromatic rings. The highest BCUT2D eigenvalue weighted by Gasteiger charge is 2.26. The molecule has 0 aromatic heterocycles. The summed E-state index contributed by atoms with van der Waals surface area (Å²) in [6.45, 7) is 1.01. The van der Waals surface area contributed by atoms with E-state index in [0.29, 0.717) is 30.3 Å². The highest BCUT2D eigenvalue weighted by atomic mass is 32.1. The molecule has 0 bridgehead atoms. The second-order valence-electron chi connectivity index (χ2n) is 4.76. The fourth-order valence-electron chi connectivity index (χ4n) is 1.67. The molecule has 0 aliphatic carbocycles. The van der Waals surface area contributed by atoms with E-state index >= 15 is 0 Å². The lowest BCUT2D eigenvalue weighted by Crippen LogP contribution is -2.26. The van der Waals surface area contributed by atoms with E-state index in [0.717, 1.165) is 5.56 Å². The Morgan fingerprint density at radius 3 is 2.38 bits per heavy atom. The standard InChI is InChI=1S/C14H19F3N2OS/c1-19(9-7-14(15,16)17)8-2-10-20-12-5-3-11(4-6-12)13(18)21/h3-6H,2,7-10H2,1H3,(H2,18,21). The molecule has 0 heterocycles. The maximum atomic E-state index is 12.0. The minimum absolute atomic E-state index is 0.00609. The van der Waals surface area contributed by atoms with Crippen molar-refractivity contribution < 1.29 is 17.9 Å². The number of hydrogen-bond donors (Lipinski definition) is 1. The molecule has 0 saturated heterocycles. The molecule has 3 nitrogen and oxygen atoms in total. The van der Waals surface area contributed by atoms with Gasteiger partial charge >= 0.3 is 6.18 Å². The summed E-state index contributed by atoms with van der Waals surface area (Å²) < 4.78 is 41.6. The Morgan fingerprint density at radius 2 is 1.86 bits per heavy atom. The number of alkyl halides is 3. The fourth-order valence-corrected chi connectivity index (χ4v) is 1.81. The summed E-state index contributed by atoms with van der Waals surface area (Å²) in [6.07, 6.45) is -4.23. The molecule has 0 unspecified atom stereocenters. The molecule has 0 aliphatic rings. The molecule has 0 atom stereocenters. The number of rotatable bonds is 8. The van der Waals surface area contributed by atoms with Crippen molar-refractivity contribution in [1.82, 2.24) is 4.90 Å². The molecule has 1 rings (SSSR count). The third kappa shape index (κ3) is 7.87. The zero-order valence-corrected chi connectivity index (χ0v) is 12.6. The van der Waals surface area contributed by atoms with E-state index in [2.05, 4.69) is 0 Å². The minimum Gasteiger partial charge on any atom is -0.494 e. The zero-order chi connectivity index (χ0) is 15.9. The van der Waals surface area contributed by atoms with Gasteiger partial charge in [0.1, 0.15) is 10.7 Å². The molecule has 118 valence electrons. The predicted octanol–water partition coefficient (Wildman–Crippen LogP) is 2.97. The van der Waals surface area contributed by atoms with E-state index < -0.39 is 12.6 Å². The molecule has 2 N–H and O–H groups in total. The van der Waals surface area contributed by atoms with E-state index in [-0.39, 0.29) is 6.54 Å². The van der Waals surface area contributed by atoms with Crippen molar-refractivity contribution in [2.45, 2.75) is 19.0 Å². The number of nitrogens with two attached hydrogens (primary N) is 1. The summed E-state index contributed by atoms with van der Waals surface area (Å²) in [4.78, 5) is 1.97. The van der Waals surface area contributed by atoms with Gasteiger partial charge in [0, 0.05) is 18.7 Å². The molecule has 7 heteroatoms. The van der Waals surface area contributed by atoms with Gasteiger partial charge in [-0.15, -0.1) is 0 Å². The average molecular weight is 320 g/mol. The van der Waals surface area contributed by atoms with Crippen LogP contribution in [-0.4, -0.2) is 42.8 Å². The number of thiocarbonyl (C=S) groups is 1. The average Bonchev–Trinajstić information content (AvgIpc) is 2.41. The summed E-state index contributed by atoms with van der Waals surface area (Å²) in [5, 5.41) is 0. The molecule has 0 amide bonds. The number of halogens is 3. The van der Waals surface area contributed by atoms with E-state index in [1.54, 1.807) is 36.2 Å². The first-order chi connectivity index (χ1) is 9.78. The van der Waals surface area contributed by atoms with Gasteiger partial charge in [-0.2, -0.15) is 13.2 Å². The van der Waals surface area contributed by atoms with Crippen molar-refractivity contribution in [3.8, 4) is 5.75 Å². The van der Waals surface area contributed by atoms with Crippen LogP contribution in [0.1, 0.15) is 18.4 Å². The van der Waals surface area contributed by atoms with Crippen molar-refractivity contribution in [2.24, 2.45) is 5.73 Å². The highest BCUT2D eigenvalue weighted by molar-refractivity contribution is 7.80. The summed E-state index contributed by atoms with van der Waals surface area (Å²) in [6, 6.07) is 7.07. The molecular weight excluding hydrogens is 301 g/mol. The molecular formula is C14H19F3N2OS. The lowest BCUT2D eigenvalue weighted by molar-refractivity contribution is -0.137. The fraction of sp³-hybridized carbons (Fsp3) is 0.500. The number of benzene rings is 1. The number of nitrogens with zero attached hydrogens (tertiary/aromatic N) is 1. The van der Waals surface area contributed by atoms with Crippen molar-refractivity contribution in [3.63, 3.8) is 0 Å². The lowest BCUT2D eigenvalue weighted by Gasteiger charge is -2.17. The molecule has 0 aliphatic heterocycles. The second-order valence-corrected chi connectivity index (χ2v) is 5.20. The third-order valence-electron chi connectivity index (χ3n) is 2.87. The predicted molar refractivity (Wildman–Crippen MR) is 80.6 cm³/mol. The number of ether oxygens (including phenoxy) is 1. The summed E-state index contributed by atoms with van der Waals surface area (Å²) in [7, 11) is 1.67. The summed E-state index contributed by atoms with van der Waals surface area (Å²) in [5.41, 5.74) is 6.25. The normalized spacial score (nSPS) is 11.7. The van der Waals surface area contributed by atoms with Gasteiger partial charge < -0.3 is 15.4 Å². The van der Waals surface area contributed by atoms with Crippen molar-refractivity contribution in [1.29, 1.82) is 0 Å². The highest BCUT2D eigenvalue weighted by Crippen LogP contribution is 2.19. The van der Waals surface area contributed by atoms with Crippen molar-refractivity contribution >= 4 is 17.2 Å². The van der Waals surface area contributed by atoms with E-state index in [9.17, 15) is 13.2 Å². The van der Waals surface area contributed by atoms with Crippen molar-refractivity contribution in [2.75, 3.05) is 26.7 Å². The number of hydrogen-bond acceptors (Lipinski definition) is 3. The Kier molecular flexibility index (Phi) is 6.91. The first kappa shape index (κ1) is 17.7. The quantitative estimate of drug-likeness (QED) is 0.590. The van der Waals surface area contributed by atoms with Gasteiger partial charge in [-0.3, -0.25) is 0 Å². The largest absolute Gasteiger partial charge is 0.494 e. The van der Waals surface area contributed by atoms with Crippen LogP contribution in [0.3, 0.4) is 0 Å². The second kappa shape index (κ2) is 8.19. The minimum atomic E-state index is -4.10. The van der Waals surface area contributed by atoms with Crippen LogP contribution in [0, 0.1) is 0 Å². The van der Waals surface area contributed by atoms with E-state index in [1.165, 1.54) is 0 Å². The van der Waals surface area contributed by atoms with Crippen LogP contribution in [0.25, 0.3) is 0 Å². The monoisotopic (exact) mass is 320 g/mol. The Balaban J connectivity index is 2.20. The van der Waals surface area contributed by atoms with Gasteiger partial charge in [-0.05, 0) is 37.7 Å². The van der Waals surface area contributed by atoms with Crippen LogP contribution in [0.4, 0.5) is 13.2 Å². The van der Waals surface area contributed by atoms with E-state index in [1.807, 2.05) is 0 Å². The molecule has 1 aromatic carbocycles. The van der Waals surface area contributed by atoms with Crippen LogP contribution in [0.5, 0.6) is 5.75 Å². The molecule has 21 heavy (non-hydrogen) atoms. The van der Waals surface area contributed by atoms with Crippen LogP contribution in [0.2, 0.25) is 0 Å². The first-order valence-electron chi connectivity index (χ1n) is 6.56. The van der Waals surface area contributed by atoms with Gasteiger partial charge in [0.05, 0.1) is 13.0 Å². The topological polar surface area (TPSA) is 38.5 Å². The maximum Gasteiger partial charge on any atom is 0.390 e. The zero-order valence-electron chi connectivity index (χ0n) is 11.8. The van der Waals surface area contributed by atoms with Gasteiger partial charge in [0.25, 0.3) is 0 Å². The van der Waals surface area contributed by atoms with Gasteiger partial charge in [0.2, 0.25) is 0 Å². The Labute approximate surface area is 127 Å². The smallest absolute Gasteiger partial charge is 0.390 e. The van der Waals surface area contributed by atoms with Crippen LogP contribution in [0.15, 0.2) is 24.3 Å². The van der Waals surface area contributed by atoms with E-state index in [4.69, 9.17) is 22.7 Å².